The molecule has 0 bridgehead atoms. The number of carbonyl (C=O) groups excluding carboxylic acids is 1. The molecule has 1 aromatic carbocycles. The normalized spacial score (nSPS) is 18.1. The molecule has 9 heteroatoms. The lowest BCUT2D eigenvalue weighted by molar-refractivity contribution is 0.100. The molecule has 1 aliphatic rings. The molecular formula is C25H26FN7O. The van der Waals surface area contributed by atoms with E-state index in [1.165, 1.54) is 0 Å². The van der Waals surface area contributed by atoms with Crippen molar-refractivity contribution in [3.63, 3.8) is 0 Å². The van der Waals surface area contributed by atoms with Crippen molar-refractivity contribution in [2.75, 3.05) is 10.6 Å². The number of hydrogen-bond acceptors (Lipinski definition) is 6. The number of benzene rings is 1. The van der Waals surface area contributed by atoms with Crippen molar-refractivity contribution in [2.24, 2.45) is 11.5 Å². The molecule has 1 amide bonds. The molecule has 0 radical (unpaired) electrons. The molecule has 174 valence electrons. The van der Waals surface area contributed by atoms with Gasteiger partial charge < -0.3 is 27.1 Å². The summed E-state index contributed by atoms with van der Waals surface area (Å²) in [6.45, 7) is 0. The van der Waals surface area contributed by atoms with Gasteiger partial charge in [-0.15, -0.1) is 0 Å². The zero-order valence-electron chi connectivity index (χ0n) is 18.5. The van der Waals surface area contributed by atoms with Gasteiger partial charge in [0.15, 0.2) is 11.6 Å². The summed E-state index contributed by atoms with van der Waals surface area (Å²) in [5.74, 6) is -1.24. The van der Waals surface area contributed by atoms with Gasteiger partial charge in [-0.2, -0.15) is 0 Å². The van der Waals surface area contributed by atoms with Crippen molar-refractivity contribution in [1.29, 1.82) is 0 Å². The second-order valence-electron chi connectivity index (χ2n) is 8.65. The zero-order chi connectivity index (χ0) is 23.7. The first-order valence-electron chi connectivity index (χ1n) is 11.3. The maximum absolute atomic E-state index is 14.8. The van der Waals surface area contributed by atoms with E-state index >= 15 is 0 Å². The van der Waals surface area contributed by atoms with Gasteiger partial charge >= 0.3 is 0 Å². The van der Waals surface area contributed by atoms with Crippen LogP contribution in [0.5, 0.6) is 0 Å². The Morgan fingerprint density at radius 2 is 1.91 bits per heavy atom. The smallest absolute Gasteiger partial charge is 0.252 e. The predicted octanol–water partition coefficient (Wildman–Crippen LogP) is 4.29. The maximum atomic E-state index is 14.8. The second-order valence-corrected chi connectivity index (χ2v) is 8.65. The van der Waals surface area contributed by atoms with E-state index in [2.05, 4.69) is 31.7 Å². The van der Waals surface area contributed by atoms with Crippen LogP contribution < -0.4 is 22.1 Å². The summed E-state index contributed by atoms with van der Waals surface area (Å²) in [4.78, 5) is 23.9. The minimum Gasteiger partial charge on any atom is -0.365 e. The topological polar surface area (TPSA) is 135 Å². The van der Waals surface area contributed by atoms with Crippen LogP contribution in [0.2, 0.25) is 0 Å². The van der Waals surface area contributed by atoms with Crippen molar-refractivity contribution in [2.45, 2.75) is 37.8 Å². The van der Waals surface area contributed by atoms with Gasteiger partial charge in [0.25, 0.3) is 5.91 Å². The van der Waals surface area contributed by atoms with Gasteiger partial charge in [0.1, 0.15) is 5.82 Å². The number of carbonyl (C=O) groups is 1. The van der Waals surface area contributed by atoms with Gasteiger partial charge in [-0.1, -0.05) is 18.9 Å². The molecule has 5 rings (SSSR count). The molecule has 1 fully saturated rings. The molecule has 0 spiro atoms. The Hall–Kier alpha value is -3.98. The summed E-state index contributed by atoms with van der Waals surface area (Å²) in [6.07, 6.45) is 9.04. The fraction of sp³-hybridized carbons (Fsp3) is 0.240. The number of aromatic nitrogens is 3. The standard InChI is InChI=1S/C25H26FN7O/c26-19-11-18(23(28)34)24(33-25(19)32-22-4-2-1-3-20(22)27)31-17-10-16(12-29-13-17)14-5-6-21-15(9-14)7-8-30-21/h5-13,20,22,30H,1-4,27H2,(H2,28,34)(H2,31,32,33)/t20-,22+/m0/s1. The number of primary amides is 1. The minimum absolute atomic E-state index is 0.0388. The van der Waals surface area contributed by atoms with Crippen LogP contribution in [0, 0.1) is 5.82 Å². The molecular weight excluding hydrogens is 433 g/mol. The summed E-state index contributed by atoms with van der Waals surface area (Å²) in [5.41, 5.74) is 15.2. The van der Waals surface area contributed by atoms with Crippen molar-refractivity contribution >= 4 is 34.1 Å². The molecule has 0 saturated heterocycles. The second kappa shape index (κ2) is 9.11. The van der Waals surface area contributed by atoms with Gasteiger partial charge in [-0.25, -0.2) is 9.37 Å². The summed E-state index contributed by atoms with van der Waals surface area (Å²) >= 11 is 0. The number of amides is 1. The molecule has 0 aliphatic heterocycles. The number of aromatic amines is 1. The number of halogens is 1. The zero-order valence-corrected chi connectivity index (χ0v) is 18.5. The van der Waals surface area contributed by atoms with Gasteiger partial charge in [-0.05, 0) is 54.1 Å². The van der Waals surface area contributed by atoms with Crippen LogP contribution >= 0.6 is 0 Å². The number of fused-ring (bicyclic) bond motifs is 1. The van der Waals surface area contributed by atoms with Crippen LogP contribution in [0.25, 0.3) is 22.0 Å². The molecule has 34 heavy (non-hydrogen) atoms. The lowest BCUT2D eigenvalue weighted by Crippen LogP contribution is -2.43. The van der Waals surface area contributed by atoms with Crippen molar-refractivity contribution in [3.05, 3.63) is 66.4 Å². The van der Waals surface area contributed by atoms with Crippen LogP contribution in [-0.4, -0.2) is 32.9 Å². The first-order valence-corrected chi connectivity index (χ1v) is 11.3. The van der Waals surface area contributed by atoms with Gasteiger partial charge in [0, 0.05) is 35.6 Å². The quantitative estimate of drug-likeness (QED) is 0.292. The van der Waals surface area contributed by atoms with Crippen LogP contribution in [0.3, 0.4) is 0 Å². The van der Waals surface area contributed by atoms with E-state index < -0.39 is 11.7 Å². The Labute approximate surface area is 196 Å². The maximum Gasteiger partial charge on any atom is 0.252 e. The highest BCUT2D eigenvalue weighted by molar-refractivity contribution is 5.98. The SMILES string of the molecule is NC(=O)c1cc(F)c(N[C@@H]2CCCC[C@@H]2N)nc1Nc1cncc(-c2ccc3[nH]ccc3c2)c1. The number of rotatable bonds is 6. The van der Waals surface area contributed by atoms with E-state index in [9.17, 15) is 9.18 Å². The predicted molar refractivity (Wildman–Crippen MR) is 131 cm³/mol. The third kappa shape index (κ3) is 4.42. The van der Waals surface area contributed by atoms with E-state index in [-0.39, 0.29) is 29.3 Å². The molecule has 4 aromatic rings. The number of pyridine rings is 2. The third-order valence-electron chi connectivity index (χ3n) is 6.27. The monoisotopic (exact) mass is 459 g/mol. The Morgan fingerprint density at radius 3 is 2.74 bits per heavy atom. The van der Waals surface area contributed by atoms with Crippen molar-refractivity contribution < 1.29 is 9.18 Å². The highest BCUT2D eigenvalue weighted by Crippen LogP contribution is 2.29. The average Bonchev–Trinajstić information content (AvgIpc) is 3.30. The van der Waals surface area contributed by atoms with E-state index in [4.69, 9.17) is 11.5 Å². The number of H-pyrrole nitrogens is 1. The number of anilines is 3. The van der Waals surface area contributed by atoms with E-state index in [0.29, 0.717) is 5.69 Å². The molecule has 7 N–H and O–H groups in total. The summed E-state index contributed by atoms with van der Waals surface area (Å²) in [6, 6.07) is 10.9. The van der Waals surface area contributed by atoms with Gasteiger partial charge in [-0.3, -0.25) is 9.78 Å². The fourth-order valence-corrected chi connectivity index (χ4v) is 4.42. The van der Waals surface area contributed by atoms with E-state index in [1.807, 2.05) is 30.5 Å². The highest BCUT2D eigenvalue weighted by atomic mass is 19.1. The largest absolute Gasteiger partial charge is 0.365 e. The first-order chi connectivity index (χ1) is 16.5. The summed E-state index contributed by atoms with van der Waals surface area (Å²) in [7, 11) is 0. The lowest BCUT2D eigenvalue weighted by atomic mass is 9.91. The number of nitrogens with two attached hydrogens (primary N) is 2. The Balaban J connectivity index is 1.45. The summed E-state index contributed by atoms with van der Waals surface area (Å²) in [5, 5.41) is 7.30. The van der Waals surface area contributed by atoms with Crippen LogP contribution in [0.4, 0.5) is 21.7 Å². The molecule has 3 aromatic heterocycles. The minimum atomic E-state index is -0.781. The molecule has 3 heterocycles. The van der Waals surface area contributed by atoms with Crippen LogP contribution in [-0.2, 0) is 0 Å². The Kier molecular flexibility index (Phi) is 5.85. The summed E-state index contributed by atoms with van der Waals surface area (Å²) < 4.78 is 14.8. The lowest BCUT2D eigenvalue weighted by Gasteiger charge is -2.30. The Morgan fingerprint density at radius 1 is 1.06 bits per heavy atom. The van der Waals surface area contributed by atoms with E-state index in [1.54, 1.807) is 12.4 Å². The molecule has 1 saturated carbocycles. The fourth-order valence-electron chi connectivity index (χ4n) is 4.42. The molecule has 2 atom stereocenters. The van der Waals surface area contributed by atoms with Crippen molar-refractivity contribution in [1.82, 2.24) is 15.0 Å². The van der Waals surface area contributed by atoms with Gasteiger partial charge in [0.05, 0.1) is 17.4 Å². The average molecular weight is 460 g/mol. The third-order valence-corrected chi connectivity index (χ3v) is 6.27. The van der Waals surface area contributed by atoms with Crippen molar-refractivity contribution in [3.8, 4) is 11.1 Å². The number of nitrogens with one attached hydrogen (secondary N) is 3. The number of nitrogens with zero attached hydrogens (tertiary/aromatic N) is 2. The Bertz CT molecular complexity index is 1350. The molecule has 8 nitrogen and oxygen atoms in total. The first kappa shape index (κ1) is 21.8. The van der Waals surface area contributed by atoms with Gasteiger partial charge in [0.2, 0.25) is 0 Å². The van der Waals surface area contributed by atoms with Crippen LogP contribution in [0.15, 0.2) is 55.0 Å². The van der Waals surface area contributed by atoms with Crippen LogP contribution in [0.1, 0.15) is 36.0 Å². The molecule has 0 unspecified atom stereocenters. The number of hydrogen-bond donors (Lipinski definition) is 5. The highest BCUT2D eigenvalue weighted by Gasteiger charge is 2.24. The molecule has 1 aliphatic carbocycles. The van der Waals surface area contributed by atoms with E-state index in [0.717, 1.165) is 53.8 Å².